The van der Waals surface area contributed by atoms with Crippen LogP contribution in [0.5, 0.6) is 0 Å². The Morgan fingerprint density at radius 1 is 1.26 bits per heavy atom. The number of fused-ring (bicyclic) bond motifs is 1. The Hall–Kier alpha value is -2.21. The van der Waals surface area contributed by atoms with Gasteiger partial charge in [-0.25, -0.2) is 4.39 Å². The third-order valence-corrected chi connectivity index (χ3v) is 6.02. The van der Waals surface area contributed by atoms with Crippen LogP contribution in [-0.4, -0.2) is 40.7 Å². The van der Waals surface area contributed by atoms with E-state index in [4.69, 9.17) is 0 Å². The summed E-state index contributed by atoms with van der Waals surface area (Å²) in [5, 5.41) is 2.04. The fourth-order valence-electron chi connectivity index (χ4n) is 3.59. The summed E-state index contributed by atoms with van der Waals surface area (Å²) >= 11 is 1.69. The number of carbonyl (C=O) groups excluding carboxylic acids is 2. The molecule has 0 fully saturated rings. The van der Waals surface area contributed by atoms with Gasteiger partial charge in [-0.05, 0) is 55.0 Å². The third kappa shape index (κ3) is 4.05. The summed E-state index contributed by atoms with van der Waals surface area (Å²) in [5.74, 6) is -0.390. The Morgan fingerprint density at radius 3 is 2.59 bits per heavy atom. The van der Waals surface area contributed by atoms with Crippen molar-refractivity contribution in [2.24, 2.45) is 0 Å². The topological polar surface area (TPSA) is 40.6 Å². The minimum atomic E-state index is -0.294. The Morgan fingerprint density at radius 2 is 1.96 bits per heavy atom. The number of hydrogen-bond donors (Lipinski definition) is 0. The smallest absolute Gasteiger partial charge is 0.243 e. The van der Waals surface area contributed by atoms with Gasteiger partial charge in [0.1, 0.15) is 12.4 Å². The molecule has 0 aliphatic carbocycles. The molecule has 0 radical (unpaired) electrons. The van der Waals surface area contributed by atoms with Crippen LogP contribution in [-0.2, 0) is 16.0 Å². The molecular weight excluding hydrogens is 363 g/mol. The number of thiophene rings is 1. The number of carbonyl (C=O) groups is 2. The van der Waals surface area contributed by atoms with E-state index in [1.165, 1.54) is 17.0 Å². The van der Waals surface area contributed by atoms with Gasteiger partial charge in [0.25, 0.3) is 0 Å². The molecule has 6 heteroatoms. The van der Waals surface area contributed by atoms with Gasteiger partial charge in [-0.2, -0.15) is 0 Å². The van der Waals surface area contributed by atoms with E-state index in [0.717, 1.165) is 17.5 Å². The summed E-state index contributed by atoms with van der Waals surface area (Å²) in [6.07, 6.45) is 1.18. The quantitative estimate of drug-likeness (QED) is 0.777. The molecule has 4 nitrogen and oxygen atoms in total. The Labute approximate surface area is 163 Å². The average molecular weight is 389 g/mol. The Kier molecular flexibility index (Phi) is 5.95. The molecule has 144 valence electrons. The van der Waals surface area contributed by atoms with Crippen LogP contribution in [0.4, 0.5) is 4.39 Å². The highest BCUT2D eigenvalue weighted by atomic mass is 32.1. The summed E-state index contributed by atoms with van der Waals surface area (Å²) in [4.78, 5) is 30.1. The van der Waals surface area contributed by atoms with Gasteiger partial charge < -0.3 is 9.80 Å². The summed E-state index contributed by atoms with van der Waals surface area (Å²) in [7, 11) is 0. The lowest BCUT2D eigenvalue weighted by molar-refractivity contribution is -0.143. The zero-order valence-electron chi connectivity index (χ0n) is 15.9. The van der Waals surface area contributed by atoms with Gasteiger partial charge in [0.2, 0.25) is 11.8 Å². The fraction of sp³-hybridized carbons (Fsp3) is 0.429. The maximum atomic E-state index is 13.4. The summed E-state index contributed by atoms with van der Waals surface area (Å²) in [6.45, 7) is 6.32. The van der Waals surface area contributed by atoms with Gasteiger partial charge in [-0.1, -0.05) is 19.1 Å². The maximum Gasteiger partial charge on any atom is 0.243 e. The van der Waals surface area contributed by atoms with Crippen molar-refractivity contribution in [1.82, 2.24) is 9.80 Å². The molecular formula is C21H25FN2O2S. The highest BCUT2D eigenvalue weighted by Gasteiger charge is 2.34. The normalized spacial score (nSPS) is 16.3. The van der Waals surface area contributed by atoms with Crippen LogP contribution < -0.4 is 0 Å². The number of rotatable bonds is 5. The second-order valence-electron chi connectivity index (χ2n) is 7.06. The van der Waals surface area contributed by atoms with E-state index in [1.54, 1.807) is 28.4 Å². The average Bonchev–Trinajstić information content (AvgIpc) is 3.13. The van der Waals surface area contributed by atoms with E-state index in [1.807, 2.05) is 37.1 Å². The van der Waals surface area contributed by atoms with Gasteiger partial charge in [-0.3, -0.25) is 9.59 Å². The van der Waals surface area contributed by atoms with Crippen molar-refractivity contribution >= 4 is 23.2 Å². The number of amides is 2. The van der Waals surface area contributed by atoms with Crippen LogP contribution in [0.2, 0.25) is 0 Å². The lowest BCUT2D eigenvalue weighted by Crippen LogP contribution is -2.48. The van der Waals surface area contributed by atoms with Crippen molar-refractivity contribution in [2.75, 3.05) is 13.1 Å². The molecule has 0 spiro atoms. The van der Waals surface area contributed by atoms with Crippen molar-refractivity contribution < 1.29 is 14.0 Å². The van der Waals surface area contributed by atoms with E-state index >= 15 is 0 Å². The minimum absolute atomic E-state index is 0.0232. The number of hydrogen-bond acceptors (Lipinski definition) is 3. The van der Waals surface area contributed by atoms with E-state index in [-0.39, 0.29) is 36.3 Å². The third-order valence-electron chi connectivity index (χ3n) is 5.02. The van der Waals surface area contributed by atoms with Crippen LogP contribution in [0, 0.1) is 5.82 Å². The first-order chi connectivity index (χ1) is 12.9. The largest absolute Gasteiger partial charge is 0.331 e. The monoisotopic (exact) mass is 388 g/mol. The Balaban J connectivity index is 1.91. The number of halogens is 1. The second-order valence-corrected chi connectivity index (χ2v) is 8.06. The fourth-order valence-corrected chi connectivity index (χ4v) is 4.49. The van der Waals surface area contributed by atoms with Crippen LogP contribution in [0.1, 0.15) is 49.2 Å². The zero-order valence-corrected chi connectivity index (χ0v) is 16.8. The van der Waals surface area contributed by atoms with Gasteiger partial charge in [0, 0.05) is 23.9 Å². The predicted octanol–water partition coefficient (Wildman–Crippen LogP) is 4.01. The van der Waals surface area contributed by atoms with Crippen LogP contribution in [0.25, 0.3) is 0 Å². The van der Waals surface area contributed by atoms with Gasteiger partial charge in [0.05, 0.1) is 6.04 Å². The van der Waals surface area contributed by atoms with Crippen molar-refractivity contribution in [2.45, 2.75) is 45.7 Å². The van der Waals surface area contributed by atoms with Crippen molar-refractivity contribution in [3.63, 3.8) is 0 Å². The van der Waals surface area contributed by atoms with E-state index in [2.05, 4.69) is 0 Å². The molecule has 0 saturated heterocycles. The SMILES string of the molecule is CCC(=O)N(CC(=O)N1CCc2sccc2C1c1ccc(F)cc1)C(C)C. The first-order valence-corrected chi connectivity index (χ1v) is 10.2. The van der Waals surface area contributed by atoms with Crippen molar-refractivity contribution in [3.05, 3.63) is 57.5 Å². The lowest BCUT2D eigenvalue weighted by Gasteiger charge is -2.38. The predicted molar refractivity (Wildman–Crippen MR) is 105 cm³/mol. The molecule has 0 N–H and O–H groups in total. The molecule has 1 aromatic carbocycles. The first kappa shape index (κ1) is 19.5. The van der Waals surface area contributed by atoms with E-state index < -0.39 is 0 Å². The van der Waals surface area contributed by atoms with E-state index in [0.29, 0.717) is 13.0 Å². The number of nitrogens with zero attached hydrogens (tertiary/aromatic N) is 2. The van der Waals surface area contributed by atoms with Crippen LogP contribution in [0.15, 0.2) is 35.7 Å². The van der Waals surface area contributed by atoms with Crippen molar-refractivity contribution in [3.8, 4) is 0 Å². The molecule has 27 heavy (non-hydrogen) atoms. The number of benzene rings is 1. The standard InChI is InChI=1S/C21H25FN2O2S/c1-4-19(25)24(14(2)3)13-20(26)23-11-9-18-17(10-12-27-18)21(23)15-5-7-16(22)8-6-15/h5-8,10,12,14,21H,4,9,11,13H2,1-3H3. The van der Waals surface area contributed by atoms with Crippen LogP contribution in [0.3, 0.4) is 0 Å². The highest BCUT2D eigenvalue weighted by Crippen LogP contribution is 2.37. The van der Waals surface area contributed by atoms with Gasteiger partial charge >= 0.3 is 0 Å². The van der Waals surface area contributed by atoms with Gasteiger partial charge in [0.15, 0.2) is 0 Å². The lowest BCUT2D eigenvalue weighted by atomic mass is 9.93. The molecule has 2 amide bonds. The molecule has 0 saturated carbocycles. The van der Waals surface area contributed by atoms with E-state index in [9.17, 15) is 14.0 Å². The molecule has 2 aromatic rings. The zero-order chi connectivity index (χ0) is 19.6. The molecule has 2 heterocycles. The highest BCUT2D eigenvalue weighted by molar-refractivity contribution is 7.10. The first-order valence-electron chi connectivity index (χ1n) is 9.33. The summed E-state index contributed by atoms with van der Waals surface area (Å²) < 4.78 is 13.4. The van der Waals surface area contributed by atoms with Crippen molar-refractivity contribution in [1.29, 1.82) is 0 Å². The summed E-state index contributed by atoms with van der Waals surface area (Å²) in [6, 6.07) is 8.12. The summed E-state index contributed by atoms with van der Waals surface area (Å²) in [5.41, 5.74) is 1.99. The second kappa shape index (κ2) is 8.21. The Bertz CT molecular complexity index is 816. The molecule has 1 atom stereocenters. The maximum absolute atomic E-state index is 13.4. The molecule has 1 aliphatic rings. The molecule has 1 unspecified atom stereocenters. The van der Waals surface area contributed by atoms with Crippen LogP contribution >= 0.6 is 11.3 Å². The van der Waals surface area contributed by atoms with Gasteiger partial charge in [-0.15, -0.1) is 11.3 Å². The molecule has 3 rings (SSSR count). The minimum Gasteiger partial charge on any atom is -0.331 e. The molecule has 1 aliphatic heterocycles. The molecule has 0 bridgehead atoms. The molecule has 1 aromatic heterocycles.